The molecule has 5 rings (SSSR count). The number of nitrogens with zero attached hydrogens (tertiary/aromatic N) is 3. The van der Waals surface area contributed by atoms with E-state index in [4.69, 9.17) is 18.9 Å². The summed E-state index contributed by atoms with van der Waals surface area (Å²) in [5.74, 6) is 2.50. The SMILES string of the molecule is CCOc1cc(C2C(C(=O)Nc3ccc(OC)cc3OC)=C(C)Nc3ncnn32)ccc1OCc1ccc(C)cc1. The van der Waals surface area contributed by atoms with Gasteiger partial charge in [-0.3, -0.25) is 4.79 Å². The lowest BCUT2D eigenvalue weighted by atomic mass is 9.94. The second-order valence-corrected chi connectivity index (χ2v) is 9.53. The number of aryl methyl sites for hydroxylation is 1. The van der Waals surface area contributed by atoms with E-state index in [-0.39, 0.29) is 5.91 Å². The summed E-state index contributed by atoms with van der Waals surface area (Å²) in [6.07, 6.45) is 1.46. The van der Waals surface area contributed by atoms with Gasteiger partial charge < -0.3 is 29.6 Å². The van der Waals surface area contributed by atoms with Gasteiger partial charge >= 0.3 is 0 Å². The van der Waals surface area contributed by atoms with Crippen molar-refractivity contribution < 1.29 is 23.7 Å². The van der Waals surface area contributed by atoms with Crippen molar-refractivity contribution >= 4 is 17.5 Å². The maximum absolute atomic E-state index is 13.9. The largest absolute Gasteiger partial charge is 0.497 e. The Bertz CT molecular complexity index is 1580. The van der Waals surface area contributed by atoms with Gasteiger partial charge in [-0.2, -0.15) is 10.1 Å². The summed E-state index contributed by atoms with van der Waals surface area (Å²) in [4.78, 5) is 18.2. The second-order valence-electron chi connectivity index (χ2n) is 9.53. The zero-order valence-corrected chi connectivity index (χ0v) is 23.7. The molecule has 212 valence electrons. The van der Waals surface area contributed by atoms with Crippen LogP contribution in [0, 0.1) is 6.92 Å². The summed E-state index contributed by atoms with van der Waals surface area (Å²) in [6, 6.07) is 18.5. The molecule has 0 saturated carbocycles. The number of hydrogen-bond acceptors (Lipinski definition) is 8. The highest BCUT2D eigenvalue weighted by Crippen LogP contribution is 2.40. The molecule has 0 fully saturated rings. The number of hydrogen-bond donors (Lipinski definition) is 2. The highest BCUT2D eigenvalue weighted by Gasteiger charge is 2.34. The molecule has 0 bridgehead atoms. The maximum Gasteiger partial charge on any atom is 0.255 e. The third-order valence-electron chi connectivity index (χ3n) is 6.79. The van der Waals surface area contributed by atoms with Crippen LogP contribution in [-0.2, 0) is 11.4 Å². The molecule has 0 aliphatic carbocycles. The van der Waals surface area contributed by atoms with Crippen molar-refractivity contribution in [2.75, 3.05) is 31.5 Å². The third kappa shape index (κ3) is 5.81. The molecule has 41 heavy (non-hydrogen) atoms. The highest BCUT2D eigenvalue weighted by molar-refractivity contribution is 6.06. The molecule has 3 aromatic carbocycles. The molecule has 1 amide bonds. The van der Waals surface area contributed by atoms with Gasteiger partial charge in [0.25, 0.3) is 5.91 Å². The molecular formula is C31H33N5O5. The smallest absolute Gasteiger partial charge is 0.255 e. The summed E-state index contributed by atoms with van der Waals surface area (Å²) in [6.45, 7) is 6.66. The van der Waals surface area contributed by atoms with Gasteiger partial charge in [-0.05, 0) is 56.2 Å². The Balaban J connectivity index is 1.48. The predicted molar refractivity (Wildman–Crippen MR) is 156 cm³/mol. The van der Waals surface area contributed by atoms with E-state index < -0.39 is 6.04 Å². The molecule has 0 spiro atoms. The quantitative estimate of drug-likeness (QED) is 0.264. The topological polar surface area (TPSA) is 109 Å². The number of nitrogens with one attached hydrogen (secondary N) is 2. The van der Waals surface area contributed by atoms with E-state index in [0.717, 1.165) is 11.1 Å². The van der Waals surface area contributed by atoms with E-state index in [1.54, 1.807) is 37.1 Å². The minimum absolute atomic E-state index is 0.317. The fourth-order valence-corrected chi connectivity index (χ4v) is 4.71. The van der Waals surface area contributed by atoms with Gasteiger partial charge in [-0.15, -0.1) is 0 Å². The minimum atomic E-state index is -0.580. The summed E-state index contributed by atoms with van der Waals surface area (Å²) < 4.78 is 24.6. The monoisotopic (exact) mass is 555 g/mol. The molecule has 10 nitrogen and oxygen atoms in total. The van der Waals surface area contributed by atoms with Gasteiger partial charge in [0.1, 0.15) is 30.5 Å². The zero-order chi connectivity index (χ0) is 28.9. The number of benzene rings is 3. The first-order valence-corrected chi connectivity index (χ1v) is 13.3. The standard InChI is InChI=1S/C31H33N5O5/c1-6-40-27-15-22(11-14-25(27)41-17-21-9-7-19(2)8-10-21)29-28(20(3)34-31-32-18-33-36(29)31)30(37)35-24-13-12-23(38-4)16-26(24)39-5/h7-16,18,29H,6,17H2,1-5H3,(H,35,37)(H,32,33,34). The van der Waals surface area contributed by atoms with E-state index in [1.807, 2.05) is 44.2 Å². The van der Waals surface area contributed by atoms with Crippen molar-refractivity contribution in [3.63, 3.8) is 0 Å². The number of fused-ring (bicyclic) bond motifs is 1. The van der Waals surface area contributed by atoms with Crippen molar-refractivity contribution in [1.82, 2.24) is 14.8 Å². The van der Waals surface area contributed by atoms with Crippen LogP contribution >= 0.6 is 0 Å². The van der Waals surface area contributed by atoms with Gasteiger partial charge in [-0.1, -0.05) is 35.9 Å². The number of methoxy groups -OCH3 is 2. The number of anilines is 2. The highest BCUT2D eigenvalue weighted by atomic mass is 16.5. The third-order valence-corrected chi connectivity index (χ3v) is 6.79. The van der Waals surface area contributed by atoms with Crippen LogP contribution in [0.2, 0.25) is 0 Å². The van der Waals surface area contributed by atoms with Crippen LogP contribution < -0.4 is 29.6 Å². The first-order chi connectivity index (χ1) is 19.9. The number of rotatable bonds is 10. The average Bonchev–Trinajstić information content (AvgIpc) is 3.45. The number of allylic oxidation sites excluding steroid dienone is 1. The van der Waals surface area contributed by atoms with Crippen LogP contribution in [0.15, 0.2) is 78.3 Å². The van der Waals surface area contributed by atoms with Crippen molar-refractivity contribution in [3.05, 3.63) is 95.0 Å². The number of carbonyl (C=O) groups excluding carboxylic acids is 1. The second kappa shape index (κ2) is 12.0. The molecule has 10 heteroatoms. The van der Waals surface area contributed by atoms with Crippen molar-refractivity contribution in [3.8, 4) is 23.0 Å². The summed E-state index contributed by atoms with van der Waals surface area (Å²) >= 11 is 0. The average molecular weight is 556 g/mol. The number of carbonyl (C=O) groups is 1. The number of amides is 1. The Kier molecular flexibility index (Phi) is 8.09. The zero-order valence-electron chi connectivity index (χ0n) is 23.7. The van der Waals surface area contributed by atoms with Crippen molar-refractivity contribution in [2.24, 2.45) is 0 Å². The Morgan fingerprint density at radius 3 is 2.49 bits per heavy atom. The fraction of sp³-hybridized carbons (Fsp3) is 0.258. The first-order valence-electron chi connectivity index (χ1n) is 13.3. The van der Waals surface area contributed by atoms with Crippen LogP contribution in [0.4, 0.5) is 11.6 Å². The first kappa shape index (κ1) is 27.6. The lowest BCUT2D eigenvalue weighted by molar-refractivity contribution is -0.113. The van der Waals surface area contributed by atoms with Crippen LogP contribution in [0.3, 0.4) is 0 Å². The van der Waals surface area contributed by atoms with Crippen LogP contribution in [0.5, 0.6) is 23.0 Å². The summed E-state index contributed by atoms with van der Waals surface area (Å²) in [5.41, 5.74) is 4.66. The van der Waals surface area contributed by atoms with Gasteiger partial charge in [0, 0.05) is 11.8 Å². The van der Waals surface area contributed by atoms with Crippen LogP contribution in [-0.4, -0.2) is 41.5 Å². The maximum atomic E-state index is 13.9. The van der Waals surface area contributed by atoms with Gasteiger partial charge in [-0.25, -0.2) is 4.68 Å². The minimum Gasteiger partial charge on any atom is -0.497 e. The molecule has 1 atom stereocenters. The van der Waals surface area contributed by atoms with Gasteiger partial charge in [0.15, 0.2) is 11.5 Å². The molecule has 1 unspecified atom stereocenters. The Hall–Kier alpha value is -4.99. The lowest BCUT2D eigenvalue weighted by Crippen LogP contribution is -2.31. The number of aromatic nitrogens is 3. The molecule has 2 heterocycles. The van der Waals surface area contributed by atoms with Crippen molar-refractivity contribution in [2.45, 2.75) is 33.4 Å². The number of ether oxygens (including phenoxy) is 4. The molecule has 4 aromatic rings. The Morgan fingerprint density at radius 2 is 1.76 bits per heavy atom. The summed E-state index contributed by atoms with van der Waals surface area (Å²) in [7, 11) is 3.11. The molecule has 2 N–H and O–H groups in total. The lowest BCUT2D eigenvalue weighted by Gasteiger charge is -2.29. The summed E-state index contributed by atoms with van der Waals surface area (Å²) in [5, 5.41) is 10.6. The molecule has 0 radical (unpaired) electrons. The van der Waals surface area contributed by atoms with E-state index in [0.29, 0.717) is 59.1 Å². The molecule has 1 aliphatic heterocycles. The van der Waals surface area contributed by atoms with Gasteiger partial charge in [0.2, 0.25) is 5.95 Å². The molecule has 1 aliphatic rings. The molecule has 0 saturated heterocycles. The van der Waals surface area contributed by atoms with E-state index in [9.17, 15) is 4.79 Å². The van der Waals surface area contributed by atoms with Crippen molar-refractivity contribution in [1.29, 1.82) is 0 Å². The van der Waals surface area contributed by atoms with E-state index in [1.165, 1.54) is 11.9 Å². The predicted octanol–water partition coefficient (Wildman–Crippen LogP) is 5.51. The Labute approximate surface area is 238 Å². The van der Waals surface area contributed by atoms with Gasteiger partial charge in [0.05, 0.1) is 32.1 Å². The molecular weight excluding hydrogens is 522 g/mol. The van der Waals surface area contributed by atoms with Crippen LogP contribution in [0.1, 0.15) is 36.6 Å². The molecule has 1 aromatic heterocycles. The van der Waals surface area contributed by atoms with E-state index in [2.05, 4.69) is 39.8 Å². The Morgan fingerprint density at radius 1 is 0.951 bits per heavy atom. The van der Waals surface area contributed by atoms with Crippen LogP contribution in [0.25, 0.3) is 0 Å². The van der Waals surface area contributed by atoms with E-state index >= 15 is 0 Å². The fourth-order valence-electron chi connectivity index (χ4n) is 4.71. The normalized spacial score (nSPS) is 14.1.